The summed E-state index contributed by atoms with van der Waals surface area (Å²) in [4.78, 5) is 36.7. The number of esters is 1. The highest BCUT2D eigenvalue weighted by molar-refractivity contribution is 5.99. The number of alkyl carbamates (subject to hydrolysis) is 1. The molecule has 0 aliphatic carbocycles. The third-order valence-electron chi connectivity index (χ3n) is 4.35. The average Bonchev–Trinajstić information content (AvgIpc) is 2.71. The van der Waals surface area contributed by atoms with E-state index >= 15 is 0 Å². The predicted octanol–water partition coefficient (Wildman–Crippen LogP) is 3.67. The van der Waals surface area contributed by atoms with E-state index < -0.39 is 24.0 Å². The molecule has 0 fully saturated rings. The Morgan fingerprint density at radius 3 is 2.34 bits per heavy atom. The fourth-order valence-corrected chi connectivity index (χ4v) is 2.64. The van der Waals surface area contributed by atoms with Crippen LogP contribution in [0, 0.1) is 12.8 Å². The van der Waals surface area contributed by atoms with Crippen LogP contribution in [0.2, 0.25) is 0 Å². The van der Waals surface area contributed by atoms with Crippen LogP contribution < -0.4 is 10.6 Å². The zero-order valence-electron chi connectivity index (χ0n) is 17.0. The SMILES string of the molecule is COC(=O)c1ccc(C)c(NC(=O)[C@@H](NC(=O)OCc2ccccc2)C(C)C)c1. The number of anilines is 1. The first-order valence-corrected chi connectivity index (χ1v) is 9.29. The maximum Gasteiger partial charge on any atom is 0.408 e. The molecule has 0 saturated heterocycles. The Hall–Kier alpha value is -3.35. The summed E-state index contributed by atoms with van der Waals surface area (Å²) in [5.41, 5.74) is 2.43. The first-order chi connectivity index (χ1) is 13.8. The molecule has 2 aromatic carbocycles. The van der Waals surface area contributed by atoms with Gasteiger partial charge in [-0.2, -0.15) is 0 Å². The van der Waals surface area contributed by atoms with Gasteiger partial charge in [0, 0.05) is 5.69 Å². The van der Waals surface area contributed by atoms with Gasteiger partial charge in [0.15, 0.2) is 0 Å². The molecule has 154 valence electrons. The van der Waals surface area contributed by atoms with Gasteiger partial charge in [0.05, 0.1) is 12.7 Å². The van der Waals surface area contributed by atoms with Gasteiger partial charge in [-0.15, -0.1) is 0 Å². The van der Waals surface area contributed by atoms with E-state index in [9.17, 15) is 14.4 Å². The van der Waals surface area contributed by atoms with E-state index in [1.165, 1.54) is 7.11 Å². The first-order valence-electron chi connectivity index (χ1n) is 9.29. The van der Waals surface area contributed by atoms with Crippen LogP contribution in [-0.2, 0) is 20.9 Å². The zero-order valence-corrected chi connectivity index (χ0v) is 17.0. The third kappa shape index (κ3) is 6.34. The lowest BCUT2D eigenvalue weighted by atomic mass is 10.0. The maximum absolute atomic E-state index is 12.8. The van der Waals surface area contributed by atoms with Gasteiger partial charge in [0.25, 0.3) is 0 Å². The van der Waals surface area contributed by atoms with Crippen molar-refractivity contribution in [3.05, 3.63) is 65.2 Å². The summed E-state index contributed by atoms with van der Waals surface area (Å²) in [6.07, 6.45) is -0.678. The number of hydrogen-bond donors (Lipinski definition) is 2. The monoisotopic (exact) mass is 398 g/mol. The van der Waals surface area contributed by atoms with Crippen LogP contribution in [0.25, 0.3) is 0 Å². The van der Waals surface area contributed by atoms with Gasteiger partial charge in [-0.25, -0.2) is 9.59 Å². The molecule has 0 radical (unpaired) electrons. The van der Waals surface area contributed by atoms with Gasteiger partial charge in [0.2, 0.25) is 5.91 Å². The lowest BCUT2D eigenvalue weighted by Crippen LogP contribution is -2.47. The summed E-state index contributed by atoms with van der Waals surface area (Å²) in [5, 5.41) is 5.38. The van der Waals surface area contributed by atoms with Gasteiger partial charge in [-0.3, -0.25) is 4.79 Å². The molecule has 0 heterocycles. The van der Waals surface area contributed by atoms with E-state index in [0.29, 0.717) is 11.3 Å². The molecular formula is C22H26N2O5. The van der Waals surface area contributed by atoms with E-state index in [1.54, 1.807) is 18.2 Å². The number of rotatable bonds is 7. The Bertz CT molecular complexity index is 865. The Morgan fingerprint density at radius 1 is 1.03 bits per heavy atom. The van der Waals surface area contributed by atoms with Crippen molar-refractivity contribution < 1.29 is 23.9 Å². The molecule has 7 heteroatoms. The largest absolute Gasteiger partial charge is 0.465 e. The maximum atomic E-state index is 12.8. The van der Waals surface area contributed by atoms with E-state index in [-0.39, 0.29) is 12.5 Å². The minimum Gasteiger partial charge on any atom is -0.465 e. The standard InChI is InChI=1S/C22H26N2O5/c1-14(2)19(24-22(27)29-13-16-8-6-5-7-9-16)20(25)23-18-12-17(21(26)28-4)11-10-15(18)3/h5-12,14,19H,13H2,1-4H3,(H,23,25)(H,24,27)/t19-/m0/s1. The molecule has 29 heavy (non-hydrogen) atoms. The summed E-state index contributed by atoms with van der Waals surface area (Å²) < 4.78 is 9.92. The summed E-state index contributed by atoms with van der Waals surface area (Å²) in [7, 11) is 1.29. The van der Waals surface area contributed by atoms with Gasteiger partial charge in [0.1, 0.15) is 12.6 Å². The molecule has 0 spiro atoms. The number of benzene rings is 2. The van der Waals surface area contributed by atoms with Crippen molar-refractivity contribution in [2.75, 3.05) is 12.4 Å². The number of aryl methyl sites for hydroxylation is 1. The minimum absolute atomic E-state index is 0.111. The predicted molar refractivity (Wildman–Crippen MR) is 110 cm³/mol. The van der Waals surface area contributed by atoms with E-state index in [4.69, 9.17) is 9.47 Å². The van der Waals surface area contributed by atoms with Gasteiger partial charge in [-0.05, 0) is 36.1 Å². The van der Waals surface area contributed by atoms with Crippen molar-refractivity contribution in [1.29, 1.82) is 0 Å². The lowest BCUT2D eigenvalue weighted by Gasteiger charge is -2.22. The van der Waals surface area contributed by atoms with E-state index in [1.807, 2.05) is 51.1 Å². The molecule has 0 saturated carbocycles. The molecule has 0 aromatic heterocycles. The van der Waals surface area contributed by atoms with Crippen LogP contribution in [0.1, 0.15) is 35.3 Å². The highest BCUT2D eigenvalue weighted by Gasteiger charge is 2.25. The average molecular weight is 398 g/mol. The van der Waals surface area contributed by atoms with Gasteiger partial charge < -0.3 is 20.1 Å². The second-order valence-electron chi connectivity index (χ2n) is 6.94. The summed E-state index contributed by atoms with van der Waals surface area (Å²) in [6.45, 7) is 5.56. The van der Waals surface area contributed by atoms with Crippen molar-refractivity contribution >= 4 is 23.7 Å². The quantitative estimate of drug-likeness (QED) is 0.694. The normalized spacial score (nSPS) is 11.5. The molecule has 0 unspecified atom stereocenters. The number of nitrogens with one attached hydrogen (secondary N) is 2. The molecular weight excluding hydrogens is 372 g/mol. The third-order valence-corrected chi connectivity index (χ3v) is 4.35. The number of methoxy groups -OCH3 is 1. The lowest BCUT2D eigenvalue weighted by molar-refractivity contribution is -0.119. The molecule has 0 aliphatic rings. The second-order valence-corrected chi connectivity index (χ2v) is 6.94. The number of carbonyl (C=O) groups is 3. The fraction of sp³-hybridized carbons (Fsp3) is 0.318. The number of ether oxygens (including phenoxy) is 2. The van der Waals surface area contributed by atoms with Crippen molar-refractivity contribution in [2.45, 2.75) is 33.4 Å². The number of hydrogen-bond acceptors (Lipinski definition) is 5. The van der Waals surface area contributed by atoms with Crippen LogP contribution in [0.15, 0.2) is 48.5 Å². The van der Waals surface area contributed by atoms with E-state index in [2.05, 4.69) is 10.6 Å². The Balaban J connectivity index is 2.04. The minimum atomic E-state index is -0.806. The van der Waals surface area contributed by atoms with Crippen LogP contribution >= 0.6 is 0 Å². The summed E-state index contributed by atoms with van der Waals surface area (Å²) in [5.74, 6) is -1.08. The van der Waals surface area contributed by atoms with Crippen LogP contribution in [-0.4, -0.2) is 31.1 Å². The fourth-order valence-electron chi connectivity index (χ4n) is 2.64. The first kappa shape index (κ1) is 21.9. The van der Waals surface area contributed by atoms with Crippen LogP contribution in [0.3, 0.4) is 0 Å². The number of amides is 2. The molecule has 2 rings (SSSR count). The Kier molecular flexibility index (Phi) is 7.77. The number of carbonyl (C=O) groups excluding carboxylic acids is 3. The molecule has 0 aliphatic heterocycles. The second kappa shape index (κ2) is 10.3. The molecule has 2 amide bonds. The smallest absolute Gasteiger partial charge is 0.408 e. The highest BCUT2D eigenvalue weighted by Crippen LogP contribution is 2.19. The Labute approximate surface area is 170 Å². The molecule has 2 aromatic rings. The zero-order chi connectivity index (χ0) is 21.4. The van der Waals surface area contributed by atoms with E-state index in [0.717, 1.165) is 11.1 Å². The van der Waals surface area contributed by atoms with Gasteiger partial charge in [-0.1, -0.05) is 50.2 Å². The van der Waals surface area contributed by atoms with Crippen molar-refractivity contribution in [2.24, 2.45) is 5.92 Å². The van der Waals surface area contributed by atoms with Crippen LogP contribution in [0.5, 0.6) is 0 Å². The molecule has 1 atom stereocenters. The van der Waals surface area contributed by atoms with Crippen molar-refractivity contribution in [3.8, 4) is 0 Å². The summed E-state index contributed by atoms with van der Waals surface area (Å²) >= 11 is 0. The van der Waals surface area contributed by atoms with Gasteiger partial charge >= 0.3 is 12.1 Å². The molecule has 2 N–H and O–H groups in total. The molecule has 0 bridgehead atoms. The highest BCUT2D eigenvalue weighted by atomic mass is 16.5. The van der Waals surface area contributed by atoms with Crippen LogP contribution in [0.4, 0.5) is 10.5 Å². The van der Waals surface area contributed by atoms with Crippen molar-refractivity contribution in [3.63, 3.8) is 0 Å². The van der Waals surface area contributed by atoms with Crippen molar-refractivity contribution in [1.82, 2.24) is 5.32 Å². The topological polar surface area (TPSA) is 93.7 Å². The summed E-state index contributed by atoms with van der Waals surface area (Å²) in [6, 6.07) is 13.3. The Morgan fingerprint density at radius 2 is 1.72 bits per heavy atom. The molecule has 7 nitrogen and oxygen atoms in total.